The van der Waals surface area contributed by atoms with Crippen molar-refractivity contribution in [2.45, 2.75) is 51.1 Å². The summed E-state index contributed by atoms with van der Waals surface area (Å²) in [5.74, 6) is -0.279. The number of rotatable bonds is 5. The van der Waals surface area contributed by atoms with Crippen molar-refractivity contribution in [3.05, 3.63) is 35.9 Å². The minimum Gasteiger partial charge on any atom is -0.353 e. The van der Waals surface area contributed by atoms with Gasteiger partial charge in [0.15, 0.2) is 0 Å². The number of carbonyl (C=O) groups excluding carboxylic acids is 2. The first-order valence-corrected chi connectivity index (χ1v) is 7.72. The van der Waals surface area contributed by atoms with E-state index in [1.165, 1.54) is 19.3 Å². The van der Waals surface area contributed by atoms with Crippen molar-refractivity contribution in [1.82, 2.24) is 10.2 Å². The third kappa shape index (κ3) is 5.21. The van der Waals surface area contributed by atoms with Crippen LogP contribution in [0.2, 0.25) is 0 Å². The van der Waals surface area contributed by atoms with Crippen molar-refractivity contribution < 1.29 is 9.59 Å². The van der Waals surface area contributed by atoms with Crippen LogP contribution in [-0.2, 0) is 16.1 Å². The maximum atomic E-state index is 12.1. The van der Waals surface area contributed by atoms with Gasteiger partial charge in [-0.25, -0.2) is 0 Å². The zero-order chi connectivity index (χ0) is 15.1. The molecule has 1 fully saturated rings. The molecule has 0 atom stereocenters. The van der Waals surface area contributed by atoms with Gasteiger partial charge in [0.25, 0.3) is 0 Å². The minimum absolute atomic E-state index is 0.0557. The summed E-state index contributed by atoms with van der Waals surface area (Å²) in [6.45, 7) is 0.538. The van der Waals surface area contributed by atoms with E-state index in [1.807, 2.05) is 30.3 Å². The van der Waals surface area contributed by atoms with E-state index in [-0.39, 0.29) is 24.3 Å². The van der Waals surface area contributed by atoms with Gasteiger partial charge in [-0.1, -0.05) is 49.6 Å². The van der Waals surface area contributed by atoms with E-state index in [4.69, 9.17) is 0 Å². The van der Waals surface area contributed by atoms with E-state index in [2.05, 4.69) is 5.32 Å². The highest BCUT2D eigenvalue weighted by Gasteiger charge is 2.19. The quantitative estimate of drug-likeness (QED) is 0.846. The van der Waals surface area contributed by atoms with E-state index in [1.54, 1.807) is 11.9 Å². The average Bonchev–Trinajstić information content (AvgIpc) is 2.49. The SMILES string of the molecule is CN(Cc1ccccc1)C(=O)CC(=O)NC1CCCCC1. The fourth-order valence-corrected chi connectivity index (χ4v) is 2.74. The Hall–Kier alpha value is -1.84. The van der Waals surface area contributed by atoms with Crippen LogP contribution in [0.5, 0.6) is 0 Å². The molecule has 0 saturated heterocycles. The summed E-state index contributed by atoms with van der Waals surface area (Å²) in [5, 5.41) is 2.98. The van der Waals surface area contributed by atoms with Crippen LogP contribution in [0.1, 0.15) is 44.1 Å². The van der Waals surface area contributed by atoms with Gasteiger partial charge in [0.05, 0.1) is 0 Å². The minimum atomic E-state index is -0.146. The predicted molar refractivity (Wildman–Crippen MR) is 82.5 cm³/mol. The van der Waals surface area contributed by atoms with Gasteiger partial charge in [-0.05, 0) is 18.4 Å². The first-order chi connectivity index (χ1) is 10.1. The van der Waals surface area contributed by atoms with Crippen LogP contribution in [0.4, 0.5) is 0 Å². The van der Waals surface area contributed by atoms with Crippen molar-refractivity contribution in [3.8, 4) is 0 Å². The van der Waals surface area contributed by atoms with Crippen LogP contribution in [0.15, 0.2) is 30.3 Å². The second-order valence-electron chi connectivity index (χ2n) is 5.81. The molecule has 1 aliphatic carbocycles. The summed E-state index contributed by atoms with van der Waals surface area (Å²) in [4.78, 5) is 25.6. The summed E-state index contributed by atoms with van der Waals surface area (Å²) < 4.78 is 0. The molecule has 1 aliphatic rings. The van der Waals surface area contributed by atoms with Gasteiger partial charge in [-0.15, -0.1) is 0 Å². The molecule has 1 aromatic rings. The third-order valence-corrected chi connectivity index (χ3v) is 3.97. The van der Waals surface area contributed by atoms with Gasteiger partial charge in [-0.3, -0.25) is 9.59 Å². The highest BCUT2D eigenvalue weighted by Crippen LogP contribution is 2.17. The summed E-state index contributed by atoms with van der Waals surface area (Å²) in [5.41, 5.74) is 1.07. The molecular weight excluding hydrogens is 264 g/mol. The van der Waals surface area contributed by atoms with Crippen molar-refractivity contribution >= 4 is 11.8 Å². The van der Waals surface area contributed by atoms with Gasteiger partial charge in [0.2, 0.25) is 11.8 Å². The third-order valence-electron chi connectivity index (χ3n) is 3.97. The lowest BCUT2D eigenvalue weighted by Crippen LogP contribution is -2.39. The number of hydrogen-bond donors (Lipinski definition) is 1. The molecule has 2 rings (SSSR count). The first kappa shape index (κ1) is 15.5. The lowest BCUT2D eigenvalue weighted by atomic mass is 9.95. The molecule has 0 aromatic heterocycles. The lowest BCUT2D eigenvalue weighted by molar-refractivity contribution is -0.135. The smallest absolute Gasteiger partial charge is 0.232 e. The van der Waals surface area contributed by atoms with Crippen LogP contribution in [0, 0.1) is 0 Å². The maximum Gasteiger partial charge on any atom is 0.232 e. The molecule has 0 spiro atoms. The summed E-state index contributed by atoms with van der Waals surface area (Å²) >= 11 is 0. The molecule has 0 aliphatic heterocycles. The fraction of sp³-hybridized carbons (Fsp3) is 0.529. The fourth-order valence-electron chi connectivity index (χ4n) is 2.74. The van der Waals surface area contributed by atoms with Gasteiger partial charge >= 0.3 is 0 Å². The average molecular weight is 288 g/mol. The molecule has 4 heteroatoms. The normalized spacial score (nSPS) is 15.5. The molecule has 114 valence electrons. The molecule has 0 heterocycles. The van der Waals surface area contributed by atoms with Gasteiger partial charge in [0.1, 0.15) is 6.42 Å². The van der Waals surface area contributed by atoms with Crippen LogP contribution in [0.3, 0.4) is 0 Å². The highest BCUT2D eigenvalue weighted by atomic mass is 16.2. The second kappa shape index (κ2) is 7.81. The summed E-state index contributed by atoms with van der Waals surface area (Å²) in [7, 11) is 1.74. The van der Waals surface area contributed by atoms with E-state index < -0.39 is 0 Å². The molecule has 4 nitrogen and oxygen atoms in total. The number of carbonyl (C=O) groups is 2. The van der Waals surface area contributed by atoms with Crippen LogP contribution >= 0.6 is 0 Å². The Bertz CT molecular complexity index is 467. The Morgan fingerprint density at radius 2 is 1.81 bits per heavy atom. The lowest BCUT2D eigenvalue weighted by Gasteiger charge is -2.23. The Kier molecular flexibility index (Phi) is 5.78. The van der Waals surface area contributed by atoms with Crippen molar-refractivity contribution in [1.29, 1.82) is 0 Å². The number of hydrogen-bond acceptors (Lipinski definition) is 2. The molecule has 1 aromatic carbocycles. The van der Waals surface area contributed by atoms with Crippen molar-refractivity contribution in [3.63, 3.8) is 0 Å². The maximum absolute atomic E-state index is 12.1. The monoisotopic (exact) mass is 288 g/mol. The van der Waals surface area contributed by atoms with Gasteiger partial charge in [-0.2, -0.15) is 0 Å². The zero-order valence-electron chi connectivity index (χ0n) is 12.7. The predicted octanol–water partition coefficient (Wildman–Crippen LogP) is 2.48. The second-order valence-corrected chi connectivity index (χ2v) is 5.81. The largest absolute Gasteiger partial charge is 0.353 e. The van der Waals surface area contributed by atoms with Crippen molar-refractivity contribution in [2.24, 2.45) is 0 Å². The Labute approximate surface area is 126 Å². The molecule has 0 radical (unpaired) electrons. The summed E-state index contributed by atoms with van der Waals surface area (Å²) in [6.07, 6.45) is 5.63. The number of amides is 2. The van der Waals surface area contributed by atoms with E-state index in [0.717, 1.165) is 18.4 Å². The number of benzene rings is 1. The standard InChI is InChI=1S/C17H24N2O2/c1-19(13-14-8-4-2-5-9-14)17(21)12-16(20)18-15-10-6-3-7-11-15/h2,4-5,8-9,15H,3,6-7,10-13H2,1H3,(H,18,20). The topological polar surface area (TPSA) is 49.4 Å². The van der Waals surface area contributed by atoms with Gasteiger partial charge in [0, 0.05) is 19.6 Å². The molecule has 0 unspecified atom stereocenters. The Morgan fingerprint density at radius 1 is 1.14 bits per heavy atom. The summed E-state index contributed by atoms with van der Waals surface area (Å²) in [6, 6.07) is 10.1. The van der Waals surface area contributed by atoms with Crippen molar-refractivity contribution in [2.75, 3.05) is 7.05 Å². The molecule has 1 N–H and O–H groups in total. The molecule has 0 bridgehead atoms. The van der Waals surface area contributed by atoms with Crippen LogP contribution in [-0.4, -0.2) is 29.8 Å². The Morgan fingerprint density at radius 3 is 2.48 bits per heavy atom. The molecule has 2 amide bonds. The van der Waals surface area contributed by atoms with Crippen LogP contribution < -0.4 is 5.32 Å². The van der Waals surface area contributed by atoms with Gasteiger partial charge < -0.3 is 10.2 Å². The van der Waals surface area contributed by atoms with E-state index >= 15 is 0 Å². The first-order valence-electron chi connectivity index (χ1n) is 7.72. The zero-order valence-corrected chi connectivity index (χ0v) is 12.7. The van der Waals surface area contributed by atoms with E-state index in [9.17, 15) is 9.59 Å². The highest BCUT2D eigenvalue weighted by molar-refractivity contribution is 5.96. The molecule has 21 heavy (non-hydrogen) atoms. The molecule has 1 saturated carbocycles. The Balaban J connectivity index is 1.76. The number of nitrogens with zero attached hydrogens (tertiary/aromatic N) is 1. The van der Waals surface area contributed by atoms with E-state index in [0.29, 0.717) is 6.54 Å². The molecular formula is C17H24N2O2. The van der Waals surface area contributed by atoms with Crippen LogP contribution in [0.25, 0.3) is 0 Å². The number of nitrogens with one attached hydrogen (secondary N) is 1.